The first-order valence-corrected chi connectivity index (χ1v) is 10.9. The standard InChI is InChI=1S/C25H35NO/c1-2-3-4-10-19-27-25-16-15-22-13-8-9-14-23(22)24(25)20-26-18-17-21-11-6-5-7-12-21/h8-9,11,13-16,26H,2-7,10,12,17-20H2,1H3. The third kappa shape index (κ3) is 6.10. The predicted octanol–water partition coefficient (Wildman–Crippen LogP) is 6.78. The molecule has 1 N–H and O–H groups in total. The molecule has 1 aliphatic rings. The van der Waals surface area contributed by atoms with Gasteiger partial charge in [-0.1, -0.05) is 68.2 Å². The fourth-order valence-electron chi connectivity index (χ4n) is 3.94. The summed E-state index contributed by atoms with van der Waals surface area (Å²) in [4.78, 5) is 0. The Morgan fingerprint density at radius 2 is 1.93 bits per heavy atom. The Kier molecular flexibility index (Phi) is 8.23. The van der Waals surface area contributed by atoms with Crippen LogP contribution in [0.5, 0.6) is 5.75 Å². The Balaban J connectivity index is 1.61. The van der Waals surface area contributed by atoms with Gasteiger partial charge in [0.15, 0.2) is 0 Å². The van der Waals surface area contributed by atoms with E-state index in [0.29, 0.717) is 0 Å². The summed E-state index contributed by atoms with van der Waals surface area (Å²) in [6.07, 6.45) is 13.9. The van der Waals surface area contributed by atoms with E-state index >= 15 is 0 Å². The summed E-state index contributed by atoms with van der Waals surface area (Å²) in [6.45, 7) is 4.99. The van der Waals surface area contributed by atoms with Crippen LogP contribution in [0.2, 0.25) is 0 Å². The molecule has 0 radical (unpaired) electrons. The number of benzene rings is 2. The molecular weight excluding hydrogens is 330 g/mol. The van der Waals surface area contributed by atoms with Gasteiger partial charge in [0.25, 0.3) is 0 Å². The van der Waals surface area contributed by atoms with Crippen LogP contribution in [0.4, 0.5) is 0 Å². The summed E-state index contributed by atoms with van der Waals surface area (Å²) in [5.74, 6) is 1.05. The quantitative estimate of drug-likeness (QED) is 0.350. The number of fused-ring (bicyclic) bond motifs is 1. The van der Waals surface area contributed by atoms with Crippen LogP contribution >= 0.6 is 0 Å². The second-order valence-electron chi connectivity index (χ2n) is 7.71. The SMILES string of the molecule is CCCCCCOc1ccc2ccccc2c1CNCCC1=CCCCC1. The van der Waals surface area contributed by atoms with Gasteiger partial charge >= 0.3 is 0 Å². The Hall–Kier alpha value is -1.80. The van der Waals surface area contributed by atoms with Gasteiger partial charge in [-0.05, 0) is 61.9 Å². The number of rotatable bonds is 11. The van der Waals surface area contributed by atoms with Gasteiger partial charge in [-0.15, -0.1) is 0 Å². The van der Waals surface area contributed by atoms with Crippen molar-refractivity contribution in [2.24, 2.45) is 0 Å². The molecule has 0 saturated carbocycles. The number of allylic oxidation sites excluding steroid dienone is 1. The van der Waals surface area contributed by atoms with Crippen molar-refractivity contribution in [1.82, 2.24) is 5.32 Å². The van der Waals surface area contributed by atoms with Gasteiger partial charge < -0.3 is 10.1 Å². The first kappa shape index (κ1) is 19.9. The monoisotopic (exact) mass is 365 g/mol. The highest BCUT2D eigenvalue weighted by Crippen LogP contribution is 2.28. The van der Waals surface area contributed by atoms with E-state index in [1.54, 1.807) is 5.57 Å². The van der Waals surface area contributed by atoms with Crippen LogP contribution in [0.3, 0.4) is 0 Å². The smallest absolute Gasteiger partial charge is 0.124 e. The molecule has 0 bridgehead atoms. The van der Waals surface area contributed by atoms with E-state index in [9.17, 15) is 0 Å². The number of ether oxygens (including phenoxy) is 1. The predicted molar refractivity (Wildman–Crippen MR) is 116 cm³/mol. The van der Waals surface area contributed by atoms with Gasteiger partial charge in [-0.3, -0.25) is 0 Å². The highest BCUT2D eigenvalue weighted by atomic mass is 16.5. The Labute approximate surface area is 165 Å². The van der Waals surface area contributed by atoms with Crippen molar-refractivity contribution >= 4 is 10.8 Å². The fourth-order valence-corrected chi connectivity index (χ4v) is 3.94. The van der Waals surface area contributed by atoms with Gasteiger partial charge in [-0.2, -0.15) is 0 Å². The molecule has 0 atom stereocenters. The molecule has 27 heavy (non-hydrogen) atoms. The molecule has 146 valence electrons. The van der Waals surface area contributed by atoms with Gasteiger partial charge in [0.05, 0.1) is 6.61 Å². The molecule has 0 aromatic heterocycles. The van der Waals surface area contributed by atoms with Crippen molar-refractivity contribution < 1.29 is 4.74 Å². The topological polar surface area (TPSA) is 21.3 Å². The van der Waals surface area contributed by atoms with E-state index < -0.39 is 0 Å². The zero-order valence-electron chi connectivity index (χ0n) is 16.9. The molecule has 1 aliphatic carbocycles. The molecule has 0 aliphatic heterocycles. The zero-order valence-corrected chi connectivity index (χ0v) is 16.9. The van der Waals surface area contributed by atoms with Crippen molar-refractivity contribution in [1.29, 1.82) is 0 Å². The second-order valence-corrected chi connectivity index (χ2v) is 7.71. The highest BCUT2D eigenvalue weighted by Gasteiger charge is 2.09. The Bertz CT molecular complexity index is 734. The normalized spacial score (nSPS) is 14.3. The highest BCUT2D eigenvalue weighted by molar-refractivity contribution is 5.87. The first-order valence-electron chi connectivity index (χ1n) is 10.9. The molecule has 2 nitrogen and oxygen atoms in total. The second kappa shape index (κ2) is 11.1. The number of nitrogens with one attached hydrogen (secondary N) is 1. The van der Waals surface area contributed by atoms with Crippen molar-refractivity contribution in [3.05, 3.63) is 53.6 Å². The van der Waals surface area contributed by atoms with Gasteiger partial charge in [0.2, 0.25) is 0 Å². The van der Waals surface area contributed by atoms with Crippen molar-refractivity contribution in [3.8, 4) is 5.75 Å². The molecular formula is C25H35NO. The minimum absolute atomic E-state index is 0.818. The molecule has 2 aromatic rings. The van der Waals surface area contributed by atoms with Crippen LogP contribution < -0.4 is 10.1 Å². The average molecular weight is 366 g/mol. The van der Waals surface area contributed by atoms with E-state index in [-0.39, 0.29) is 0 Å². The summed E-state index contributed by atoms with van der Waals surface area (Å²) in [7, 11) is 0. The maximum atomic E-state index is 6.19. The number of hydrogen-bond acceptors (Lipinski definition) is 2. The Morgan fingerprint density at radius 3 is 2.78 bits per heavy atom. The van der Waals surface area contributed by atoms with Crippen LogP contribution in [-0.2, 0) is 6.54 Å². The summed E-state index contributed by atoms with van der Waals surface area (Å²) in [5, 5.41) is 6.28. The van der Waals surface area contributed by atoms with Gasteiger partial charge in [-0.25, -0.2) is 0 Å². The third-order valence-corrected chi connectivity index (χ3v) is 5.56. The average Bonchev–Trinajstić information content (AvgIpc) is 2.72. The third-order valence-electron chi connectivity index (χ3n) is 5.56. The molecule has 2 aromatic carbocycles. The van der Waals surface area contributed by atoms with E-state index in [1.807, 2.05) is 0 Å². The van der Waals surface area contributed by atoms with E-state index in [1.165, 1.54) is 67.7 Å². The lowest BCUT2D eigenvalue weighted by molar-refractivity contribution is 0.302. The number of unbranched alkanes of at least 4 members (excludes halogenated alkanes) is 3. The Morgan fingerprint density at radius 1 is 1.00 bits per heavy atom. The largest absolute Gasteiger partial charge is 0.493 e. The van der Waals surface area contributed by atoms with Crippen LogP contribution in [0.25, 0.3) is 10.8 Å². The van der Waals surface area contributed by atoms with E-state index in [2.05, 4.69) is 54.7 Å². The molecule has 3 rings (SSSR count). The molecule has 0 saturated heterocycles. The molecule has 0 unspecified atom stereocenters. The molecule has 0 fully saturated rings. The molecule has 0 heterocycles. The lowest BCUT2D eigenvalue weighted by atomic mass is 9.97. The van der Waals surface area contributed by atoms with Gasteiger partial charge in [0.1, 0.15) is 5.75 Å². The fraction of sp³-hybridized carbons (Fsp3) is 0.520. The lowest BCUT2D eigenvalue weighted by Gasteiger charge is -2.16. The minimum atomic E-state index is 0.818. The number of hydrogen-bond donors (Lipinski definition) is 1. The van der Waals surface area contributed by atoms with Crippen molar-refractivity contribution in [3.63, 3.8) is 0 Å². The molecule has 0 amide bonds. The van der Waals surface area contributed by atoms with E-state index in [4.69, 9.17) is 4.74 Å². The molecule has 0 spiro atoms. The maximum absolute atomic E-state index is 6.19. The minimum Gasteiger partial charge on any atom is -0.493 e. The maximum Gasteiger partial charge on any atom is 0.124 e. The van der Waals surface area contributed by atoms with Crippen molar-refractivity contribution in [2.45, 2.75) is 71.3 Å². The van der Waals surface area contributed by atoms with Crippen molar-refractivity contribution in [2.75, 3.05) is 13.2 Å². The van der Waals surface area contributed by atoms with Crippen LogP contribution in [-0.4, -0.2) is 13.2 Å². The van der Waals surface area contributed by atoms with Crippen LogP contribution in [0, 0.1) is 0 Å². The van der Waals surface area contributed by atoms with Gasteiger partial charge in [0, 0.05) is 12.1 Å². The summed E-state index contributed by atoms with van der Waals surface area (Å²) >= 11 is 0. The van der Waals surface area contributed by atoms with E-state index in [0.717, 1.165) is 31.9 Å². The zero-order chi connectivity index (χ0) is 18.7. The summed E-state index contributed by atoms with van der Waals surface area (Å²) < 4.78 is 6.19. The summed E-state index contributed by atoms with van der Waals surface area (Å²) in [5.41, 5.74) is 2.94. The lowest BCUT2D eigenvalue weighted by Crippen LogP contribution is -2.17. The summed E-state index contributed by atoms with van der Waals surface area (Å²) in [6, 6.07) is 13.0. The van der Waals surface area contributed by atoms with Crippen LogP contribution in [0.15, 0.2) is 48.0 Å². The van der Waals surface area contributed by atoms with Crippen LogP contribution in [0.1, 0.15) is 70.3 Å². The molecule has 2 heteroatoms. The first-order chi connectivity index (χ1) is 13.4.